The molecule has 2 heterocycles. The molecule has 1 N–H and O–H groups in total. The van der Waals surface area contributed by atoms with Crippen molar-refractivity contribution >= 4 is 17.3 Å². The number of amides is 1. The van der Waals surface area contributed by atoms with Crippen LogP contribution in [0.4, 0.5) is 5.69 Å². The number of anilines is 1. The molecule has 0 bridgehead atoms. The van der Waals surface area contributed by atoms with Crippen LogP contribution in [0.25, 0.3) is 0 Å². The van der Waals surface area contributed by atoms with Crippen molar-refractivity contribution in [3.8, 4) is 0 Å². The smallest absolute Gasteiger partial charge is 0.256 e. The van der Waals surface area contributed by atoms with Crippen LogP contribution in [-0.2, 0) is 4.79 Å². The van der Waals surface area contributed by atoms with Crippen LogP contribution in [0.1, 0.15) is 13.3 Å². The molecule has 1 aromatic heterocycles. The summed E-state index contributed by atoms with van der Waals surface area (Å²) in [6.07, 6.45) is 3.66. The number of nitrogens with zero attached hydrogens (tertiary/aromatic N) is 3. The molecule has 84 valence electrons. The van der Waals surface area contributed by atoms with Crippen LogP contribution in [0.5, 0.6) is 0 Å². The van der Waals surface area contributed by atoms with E-state index < -0.39 is 0 Å². The van der Waals surface area contributed by atoms with Gasteiger partial charge in [0.15, 0.2) is 0 Å². The summed E-state index contributed by atoms with van der Waals surface area (Å²) in [5.41, 5.74) is 1.45. The van der Waals surface area contributed by atoms with Gasteiger partial charge in [-0.3, -0.25) is 9.78 Å². The first kappa shape index (κ1) is 10.8. The van der Waals surface area contributed by atoms with E-state index in [0.29, 0.717) is 12.1 Å². The van der Waals surface area contributed by atoms with Gasteiger partial charge in [0.1, 0.15) is 0 Å². The van der Waals surface area contributed by atoms with E-state index in [-0.39, 0.29) is 18.4 Å². The van der Waals surface area contributed by atoms with Crippen LogP contribution >= 0.6 is 0 Å². The van der Waals surface area contributed by atoms with Crippen LogP contribution in [0.15, 0.2) is 29.6 Å². The molecule has 16 heavy (non-hydrogen) atoms. The first-order valence-electron chi connectivity index (χ1n) is 5.14. The highest BCUT2D eigenvalue weighted by atomic mass is 16.3. The molecule has 0 saturated heterocycles. The van der Waals surface area contributed by atoms with Gasteiger partial charge in [-0.15, -0.1) is 0 Å². The standard InChI is InChI=1S/C11H13N3O2/c1-8-10(4-7-15)11(16)14(13-8)9-2-5-12-6-3-9/h2-3,5-6,10,15H,4,7H2,1H3. The molecule has 2 rings (SSSR count). The summed E-state index contributed by atoms with van der Waals surface area (Å²) in [5, 5.41) is 14.5. The van der Waals surface area contributed by atoms with E-state index >= 15 is 0 Å². The minimum Gasteiger partial charge on any atom is -0.396 e. The van der Waals surface area contributed by atoms with Gasteiger partial charge in [-0.2, -0.15) is 5.10 Å². The monoisotopic (exact) mass is 219 g/mol. The van der Waals surface area contributed by atoms with E-state index in [1.807, 2.05) is 0 Å². The fourth-order valence-corrected chi connectivity index (χ4v) is 1.73. The zero-order valence-corrected chi connectivity index (χ0v) is 9.00. The molecule has 0 saturated carbocycles. The first-order chi connectivity index (χ1) is 7.74. The summed E-state index contributed by atoms with van der Waals surface area (Å²) in [7, 11) is 0. The van der Waals surface area contributed by atoms with E-state index in [1.54, 1.807) is 31.5 Å². The van der Waals surface area contributed by atoms with Gasteiger partial charge in [0.25, 0.3) is 5.91 Å². The normalized spacial score (nSPS) is 20.1. The lowest BCUT2D eigenvalue weighted by molar-refractivity contribution is -0.120. The molecule has 0 fully saturated rings. The third-order valence-corrected chi connectivity index (χ3v) is 2.59. The maximum absolute atomic E-state index is 12.0. The first-order valence-corrected chi connectivity index (χ1v) is 5.14. The average Bonchev–Trinajstić information content (AvgIpc) is 2.59. The lowest BCUT2D eigenvalue weighted by atomic mass is 10.0. The van der Waals surface area contributed by atoms with Crippen LogP contribution in [0.2, 0.25) is 0 Å². The number of carbonyl (C=O) groups is 1. The minimum absolute atomic E-state index is 0.00650. The molecule has 0 aromatic carbocycles. The van der Waals surface area contributed by atoms with Crippen molar-refractivity contribution in [2.45, 2.75) is 13.3 Å². The third-order valence-electron chi connectivity index (χ3n) is 2.59. The summed E-state index contributed by atoms with van der Waals surface area (Å²) in [4.78, 5) is 15.9. The van der Waals surface area contributed by atoms with E-state index in [2.05, 4.69) is 10.1 Å². The van der Waals surface area contributed by atoms with Crippen molar-refractivity contribution in [2.24, 2.45) is 11.0 Å². The third kappa shape index (κ3) is 1.81. The fraction of sp³-hybridized carbons (Fsp3) is 0.364. The molecule has 0 aliphatic carbocycles. The van der Waals surface area contributed by atoms with Gasteiger partial charge in [-0.1, -0.05) is 0 Å². The van der Waals surface area contributed by atoms with Gasteiger partial charge in [0.2, 0.25) is 0 Å². The van der Waals surface area contributed by atoms with Crippen LogP contribution in [0.3, 0.4) is 0 Å². The Balaban J connectivity index is 2.24. The number of hydrogen-bond donors (Lipinski definition) is 1. The second-order valence-electron chi connectivity index (χ2n) is 3.66. The van der Waals surface area contributed by atoms with Crippen LogP contribution in [0, 0.1) is 5.92 Å². The number of aliphatic hydroxyl groups excluding tert-OH is 1. The predicted octanol–water partition coefficient (Wildman–Crippen LogP) is 0.803. The summed E-state index contributed by atoms with van der Waals surface area (Å²) in [6, 6.07) is 3.46. The molecule has 1 unspecified atom stereocenters. The second-order valence-corrected chi connectivity index (χ2v) is 3.66. The lowest BCUT2D eigenvalue weighted by Gasteiger charge is -2.13. The number of aliphatic hydroxyl groups is 1. The van der Waals surface area contributed by atoms with Crippen LogP contribution < -0.4 is 5.01 Å². The Bertz CT molecular complexity index is 416. The van der Waals surface area contributed by atoms with Gasteiger partial charge < -0.3 is 5.11 Å². The molecule has 1 amide bonds. The molecule has 1 atom stereocenters. The Hall–Kier alpha value is -1.75. The Morgan fingerprint density at radius 3 is 2.75 bits per heavy atom. The van der Waals surface area contributed by atoms with Gasteiger partial charge in [-0.25, -0.2) is 5.01 Å². The number of rotatable bonds is 3. The SMILES string of the molecule is CC1=NN(c2ccncc2)C(=O)C1CCO. The maximum atomic E-state index is 12.0. The van der Waals surface area contributed by atoms with Crippen molar-refractivity contribution in [1.82, 2.24) is 4.98 Å². The molecule has 5 nitrogen and oxygen atoms in total. The largest absolute Gasteiger partial charge is 0.396 e. The summed E-state index contributed by atoms with van der Waals surface area (Å²) in [6.45, 7) is 1.80. The Morgan fingerprint density at radius 2 is 2.12 bits per heavy atom. The zero-order valence-electron chi connectivity index (χ0n) is 9.00. The average molecular weight is 219 g/mol. The molecule has 1 aliphatic heterocycles. The molecule has 1 aliphatic rings. The molecular formula is C11H13N3O2. The summed E-state index contributed by atoms with van der Waals surface area (Å²) >= 11 is 0. The predicted molar refractivity (Wildman–Crippen MR) is 60.0 cm³/mol. The Labute approximate surface area is 93.4 Å². The van der Waals surface area contributed by atoms with Gasteiger partial charge >= 0.3 is 0 Å². The minimum atomic E-state index is -0.293. The van der Waals surface area contributed by atoms with Crippen molar-refractivity contribution in [3.05, 3.63) is 24.5 Å². The van der Waals surface area contributed by atoms with E-state index in [1.165, 1.54) is 5.01 Å². The van der Waals surface area contributed by atoms with Crippen molar-refractivity contribution in [3.63, 3.8) is 0 Å². The number of pyridine rings is 1. The quantitative estimate of drug-likeness (QED) is 0.817. The summed E-state index contributed by atoms with van der Waals surface area (Å²) < 4.78 is 0. The number of aromatic nitrogens is 1. The van der Waals surface area contributed by atoms with Crippen molar-refractivity contribution in [1.29, 1.82) is 0 Å². The second kappa shape index (κ2) is 4.40. The highest BCUT2D eigenvalue weighted by Gasteiger charge is 2.33. The Kier molecular flexibility index (Phi) is 2.96. The molecular weight excluding hydrogens is 206 g/mol. The zero-order chi connectivity index (χ0) is 11.5. The van der Waals surface area contributed by atoms with E-state index in [0.717, 1.165) is 5.71 Å². The molecule has 0 spiro atoms. The molecule has 0 radical (unpaired) electrons. The number of hydrazone groups is 1. The van der Waals surface area contributed by atoms with Gasteiger partial charge in [0, 0.05) is 24.7 Å². The summed E-state index contributed by atoms with van der Waals surface area (Å²) in [5.74, 6) is -0.379. The van der Waals surface area contributed by atoms with E-state index in [9.17, 15) is 4.79 Å². The van der Waals surface area contributed by atoms with E-state index in [4.69, 9.17) is 5.11 Å². The van der Waals surface area contributed by atoms with Crippen LogP contribution in [-0.4, -0.2) is 28.3 Å². The van der Waals surface area contributed by atoms with Gasteiger partial charge in [0.05, 0.1) is 11.6 Å². The number of carbonyl (C=O) groups excluding carboxylic acids is 1. The highest BCUT2D eigenvalue weighted by Crippen LogP contribution is 2.24. The highest BCUT2D eigenvalue weighted by molar-refractivity contribution is 6.14. The topological polar surface area (TPSA) is 65.8 Å². The Morgan fingerprint density at radius 1 is 1.44 bits per heavy atom. The van der Waals surface area contributed by atoms with Crippen molar-refractivity contribution < 1.29 is 9.90 Å². The van der Waals surface area contributed by atoms with Crippen molar-refractivity contribution in [2.75, 3.05) is 11.6 Å². The fourth-order valence-electron chi connectivity index (χ4n) is 1.73. The molecule has 1 aromatic rings. The van der Waals surface area contributed by atoms with Gasteiger partial charge in [-0.05, 0) is 25.5 Å². The lowest BCUT2D eigenvalue weighted by Crippen LogP contribution is -2.27. The maximum Gasteiger partial charge on any atom is 0.256 e. The number of hydrogen-bond acceptors (Lipinski definition) is 4. The molecule has 5 heteroatoms.